The average molecular weight is 320 g/mol. The second-order valence-corrected chi connectivity index (χ2v) is 5.57. The Morgan fingerprint density at radius 1 is 1.30 bits per heavy atom. The summed E-state index contributed by atoms with van der Waals surface area (Å²) in [6.07, 6.45) is 3.27. The van der Waals surface area contributed by atoms with E-state index in [9.17, 15) is 9.59 Å². The normalized spacial score (nSPS) is 17.7. The molecule has 2 rings (SSSR count). The van der Waals surface area contributed by atoms with Crippen LogP contribution in [0.3, 0.4) is 0 Å². The molecule has 1 aliphatic heterocycles. The zero-order valence-electron chi connectivity index (χ0n) is 13.5. The van der Waals surface area contributed by atoms with Crippen LogP contribution in [-0.2, 0) is 9.59 Å². The van der Waals surface area contributed by atoms with Crippen molar-refractivity contribution >= 4 is 17.5 Å². The van der Waals surface area contributed by atoms with Gasteiger partial charge in [-0.3, -0.25) is 9.59 Å². The number of carbonyl (C=O) groups excluding carboxylic acids is 2. The van der Waals surface area contributed by atoms with Crippen LogP contribution < -0.4 is 10.1 Å². The number of aliphatic hydroxyl groups excluding tert-OH is 1. The van der Waals surface area contributed by atoms with E-state index in [1.165, 1.54) is 0 Å². The van der Waals surface area contributed by atoms with Crippen molar-refractivity contribution in [3.8, 4) is 5.75 Å². The summed E-state index contributed by atoms with van der Waals surface area (Å²) in [7, 11) is 0. The van der Waals surface area contributed by atoms with Gasteiger partial charge in [-0.1, -0.05) is 0 Å². The Bertz CT molecular complexity index is 528. The van der Waals surface area contributed by atoms with Gasteiger partial charge in [0.25, 0.3) is 0 Å². The van der Waals surface area contributed by atoms with Gasteiger partial charge in [0, 0.05) is 24.9 Å². The van der Waals surface area contributed by atoms with Crippen LogP contribution >= 0.6 is 0 Å². The number of aliphatic hydroxyl groups is 1. The van der Waals surface area contributed by atoms with Crippen LogP contribution in [0.25, 0.3) is 0 Å². The third-order valence-electron chi connectivity index (χ3n) is 3.97. The molecule has 0 bridgehead atoms. The van der Waals surface area contributed by atoms with E-state index in [2.05, 4.69) is 5.32 Å². The van der Waals surface area contributed by atoms with Crippen LogP contribution in [0.2, 0.25) is 0 Å². The van der Waals surface area contributed by atoms with Crippen LogP contribution in [0.5, 0.6) is 5.75 Å². The molecule has 0 aliphatic carbocycles. The number of piperidine rings is 1. The molecule has 1 unspecified atom stereocenters. The topological polar surface area (TPSA) is 78.9 Å². The molecule has 1 aromatic rings. The van der Waals surface area contributed by atoms with E-state index in [1.807, 2.05) is 6.92 Å². The molecule has 1 aromatic carbocycles. The SMILES string of the molecule is CCOc1ccc(NC(=O)C(=O)N2CCCCC2CCO)cc1. The maximum absolute atomic E-state index is 12.4. The third-order valence-corrected chi connectivity index (χ3v) is 3.97. The fraction of sp³-hybridized carbons (Fsp3) is 0.529. The highest BCUT2D eigenvalue weighted by Gasteiger charge is 2.30. The third kappa shape index (κ3) is 4.69. The number of likely N-dealkylation sites (tertiary alicyclic amines) is 1. The molecule has 23 heavy (non-hydrogen) atoms. The van der Waals surface area contributed by atoms with E-state index in [4.69, 9.17) is 9.84 Å². The Hall–Kier alpha value is -2.08. The van der Waals surface area contributed by atoms with Gasteiger partial charge in [0.1, 0.15) is 5.75 Å². The predicted molar refractivity (Wildman–Crippen MR) is 87.3 cm³/mol. The molecular weight excluding hydrogens is 296 g/mol. The van der Waals surface area contributed by atoms with Gasteiger partial charge in [-0.05, 0) is 56.9 Å². The second kappa shape index (κ2) is 8.53. The molecule has 0 saturated carbocycles. The Balaban J connectivity index is 1.97. The highest BCUT2D eigenvalue weighted by molar-refractivity contribution is 6.39. The van der Waals surface area contributed by atoms with Crippen LogP contribution in [-0.4, -0.2) is 47.6 Å². The largest absolute Gasteiger partial charge is 0.494 e. The van der Waals surface area contributed by atoms with Crippen molar-refractivity contribution in [2.24, 2.45) is 0 Å². The van der Waals surface area contributed by atoms with Gasteiger partial charge in [-0.25, -0.2) is 0 Å². The van der Waals surface area contributed by atoms with Gasteiger partial charge in [0.2, 0.25) is 0 Å². The van der Waals surface area contributed by atoms with Crippen LogP contribution in [0.1, 0.15) is 32.6 Å². The first-order valence-electron chi connectivity index (χ1n) is 8.11. The molecule has 1 fully saturated rings. The van der Waals surface area contributed by atoms with Crippen molar-refractivity contribution in [3.05, 3.63) is 24.3 Å². The van der Waals surface area contributed by atoms with E-state index in [0.717, 1.165) is 25.0 Å². The lowest BCUT2D eigenvalue weighted by Crippen LogP contribution is -2.48. The molecular formula is C17H24N2O4. The Morgan fingerprint density at radius 3 is 2.70 bits per heavy atom. The number of ether oxygens (including phenoxy) is 1. The summed E-state index contributed by atoms with van der Waals surface area (Å²) in [4.78, 5) is 26.1. The highest BCUT2D eigenvalue weighted by atomic mass is 16.5. The predicted octanol–water partition coefficient (Wildman–Crippen LogP) is 1.79. The summed E-state index contributed by atoms with van der Waals surface area (Å²) in [6, 6.07) is 6.86. The van der Waals surface area contributed by atoms with Gasteiger partial charge >= 0.3 is 11.8 Å². The minimum Gasteiger partial charge on any atom is -0.494 e. The zero-order valence-corrected chi connectivity index (χ0v) is 13.5. The molecule has 1 aliphatic rings. The van der Waals surface area contributed by atoms with Gasteiger partial charge in [-0.15, -0.1) is 0 Å². The zero-order chi connectivity index (χ0) is 16.7. The molecule has 2 amide bonds. The molecule has 0 spiro atoms. The molecule has 2 N–H and O–H groups in total. The van der Waals surface area contributed by atoms with Crippen molar-refractivity contribution in [1.82, 2.24) is 4.90 Å². The van der Waals surface area contributed by atoms with Crippen molar-refractivity contribution in [2.45, 2.75) is 38.6 Å². The smallest absolute Gasteiger partial charge is 0.313 e. The van der Waals surface area contributed by atoms with E-state index in [0.29, 0.717) is 25.3 Å². The lowest BCUT2D eigenvalue weighted by Gasteiger charge is -2.35. The van der Waals surface area contributed by atoms with Gasteiger partial charge in [0.05, 0.1) is 6.61 Å². The number of nitrogens with zero attached hydrogens (tertiary/aromatic N) is 1. The van der Waals surface area contributed by atoms with E-state index >= 15 is 0 Å². The molecule has 0 aromatic heterocycles. The van der Waals surface area contributed by atoms with Gasteiger partial charge in [0.15, 0.2) is 0 Å². The summed E-state index contributed by atoms with van der Waals surface area (Å²) >= 11 is 0. The van der Waals surface area contributed by atoms with E-state index in [1.54, 1.807) is 29.2 Å². The molecule has 1 atom stereocenters. The number of hydrogen-bond acceptors (Lipinski definition) is 4. The van der Waals surface area contributed by atoms with Gasteiger partial charge in [-0.2, -0.15) is 0 Å². The van der Waals surface area contributed by atoms with E-state index in [-0.39, 0.29) is 12.6 Å². The molecule has 1 saturated heterocycles. The summed E-state index contributed by atoms with van der Waals surface area (Å²) in [6.45, 7) is 3.07. The maximum Gasteiger partial charge on any atom is 0.313 e. The lowest BCUT2D eigenvalue weighted by molar-refractivity contribution is -0.146. The number of anilines is 1. The first kappa shape index (κ1) is 17.3. The van der Waals surface area contributed by atoms with Gasteiger partial charge < -0.3 is 20.1 Å². The summed E-state index contributed by atoms with van der Waals surface area (Å²) in [5, 5.41) is 11.7. The number of benzene rings is 1. The maximum atomic E-state index is 12.4. The minimum atomic E-state index is -0.640. The van der Waals surface area contributed by atoms with Crippen LogP contribution in [0.4, 0.5) is 5.69 Å². The van der Waals surface area contributed by atoms with Crippen molar-refractivity contribution in [1.29, 1.82) is 0 Å². The van der Waals surface area contributed by atoms with Crippen molar-refractivity contribution in [2.75, 3.05) is 25.1 Å². The number of hydrogen-bond donors (Lipinski definition) is 2. The van der Waals surface area contributed by atoms with Crippen LogP contribution in [0, 0.1) is 0 Å². The fourth-order valence-corrected chi connectivity index (χ4v) is 2.83. The Morgan fingerprint density at radius 2 is 2.04 bits per heavy atom. The highest BCUT2D eigenvalue weighted by Crippen LogP contribution is 2.20. The van der Waals surface area contributed by atoms with Crippen molar-refractivity contribution in [3.63, 3.8) is 0 Å². The monoisotopic (exact) mass is 320 g/mol. The number of rotatable bonds is 5. The first-order chi connectivity index (χ1) is 11.2. The first-order valence-corrected chi connectivity index (χ1v) is 8.11. The number of amides is 2. The molecule has 6 nitrogen and oxygen atoms in total. The number of nitrogens with one attached hydrogen (secondary N) is 1. The minimum absolute atomic E-state index is 0.0228. The quantitative estimate of drug-likeness (QED) is 0.811. The standard InChI is InChI=1S/C17H24N2O4/c1-2-23-15-8-6-13(7-9-15)18-16(21)17(22)19-11-4-3-5-14(19)10-12-20/h6-9,14,20H,2-5,10-12H2,1H3,(H,18,21). The van der Waals surface area contributed by atoms with Crippen molar-refractivity contribution < 1.29 is 19.4 Å². The molecule has 6 heteroatoms. The molecule has 126 valence electrons. The summed E-state index contributed by atoms with van der Waals surface area (Å²) in [5.74, 6) is -0.452. The summed E-state index contributed by atoms with van der Waals surface area (Å²) < 4.78 is 5.34. The second-order valence-electron chi connectivity index (χ2n) is 5.57. The molecule has 1 heterocycles. The summed E-state index contributed by atoms with van der Waals surface area (Å²) in [5.41, 5.74) is 0.558. The average Bonchev–Trinajstić information content (AvgIpc) is 2.57. The lowest BCUT2D eigenvalue weighted by atomic mass is 9.99. The van der Waals surface area contributed by atoms with E-state index < -0.39 is 11.8 Å². The number of carbonyl (C=O) groups is 2. The van der Waals surface area contributed by atoms with Crippen LogP contribution in [0.15, 0.2) is 24.3 Å². The molecule has 0 radical (unpaired) electrons. The Kier molecular flexibility index (Phi) is 6.40. The Labute approximate surface area is 136 Å². The fourth-order valence-electron chi connectivity index (χ4n) is 2.83.